The first-order chi connectivity index (χ1) is 7.08. The molecule has 0 aliphatic carbocycles. The van der Waals surface area contributed by atoms with E-state index in [0.717, 1.165) is 6.54 Å². The van der Waals surface area contributed by atoms with E-state index in [2.05, 4.69) is 10.1 Å². The van der Waals surface area contributed by atoms with Crippen LogP contribution in [0.1, 0.15) is 12.8 Å². The summed E-state index contributed by atoms with van der Waals surface area (Å²) >= 11 is 1.93. The van der Waals surface area contributed by atoms with Crippen molar-refractivity contribution < 1.29 is 17.9 Å². The number of nitrogens with one attached hydrogen (secondary N) is 1. The second-order valence-electron chi connectivity index (χ2n) is 3.51. The lowest BCUT2D eigenvalue weighted by Crippen LogP contribution is -2.28. The molecule has 0 aromatic heterocycles. The molecule has 0 aromatic carbocycles. The Balaban J connectivity index is 1.84. The first-order valence-electron chi connectivity index (χ1n) is 5.05. The average Bonchev–Trinajstić information content (AvgIpc) is 2.61. The van der Waals surface area contributed by atoms with Gasteiger partial charge in [0.2, 0.25) is 0 Å². The summed E-state index contributed by atoms with van der Waals surface area (Å²) in [4.78, 5) is 0. The van der Waals surface area contributed by atoms with Crippen LogP contribution in [0.15, 0.2) is 0 Å². The molecule has 0 bridgehead atoms. The SMILES string of the molecule is FC(F)(F)COCCNCC1CCCS1. The minimum atomic E-state index is -4.21. The number of hydrogen-bond acceptors (Lipinski definition) is 3. The van der Waals surface area contributed by atoms with Gasteiger partial charge < -0.3 is 10.1 Å². The van der Waals surface area contributed by atoms with Gasteiger partial charge in [0.05, 0.1) is 6.61 Å². The van der Waals surface area contributed by atoms with Crippen LogP contribution in [0.25, 0.3) is 0 Å². The third-order valence-electron chi connectivity index (χ3n) is 2.08. The smallest absolute Gasteiger partial charge is 0.371 e. The van der Waals surface area contributed by atoms with Crippen LogP contribution in [0.4, 0.5) is 13.2 Å². The molecule has 1 unspecified atom stereocenters. The van der Waals surface area contributed by atoms with Gasteiger partial charge in [0, 0.05) is 18.3 Å². The summed E-state index contributed by atoms with van der Waals surface area (Å²) in [5, 5.41) is 3.73. The van der Waals surface area contributed by atoms with Gasteiger partial charge >= 0.3 is 6.18 Å². The van der Waals surface area contributed by atoms with Crippen molar-refractivity contribution in [3.63, 3.8) is 0 Å². The third-order valence-corrected chi connectivity index (χ3v) is 3.48. The fourth-order valence-electron chi connectivity index (χ4n) is 1.40. The van der Waals surface area contributed by atoms with Crippen molar-refractivity contribution in [1.29, 1.82) is 0 Å². The van der Waals surface area contributed by atoms with E-state index in [-0.39, 0.29) is 6.61 Å². The highest BCUT2D eigenvalue weighted by Gasteiger charge is 2.27. The predicted octanol–water partition coefficient (Wildman–Crippen LogP) is 2.05. The van der Waals surface area contributed by atoms with Crippen molar-refractivity contribution in [2.24, 2.45) is 0 Å². The Morgan fingerprint density at radius 3 is 2.80 bits per heavy atom. The van der Waals surface area contributed by atoms with Crippen LogP contribution in [0.5, 0.6) is 0 Å². The summed E-state index contributed by atoms with van der Waals surface area (Å²) in [7, 11) is 0. The van der Waals surface area contributed by atoms with Crippen LogP contribution in [-0.2, 0) is 4.74 Å². The Morgan fingerprint density at radius 1 is 1.40 bits per heavy atom. The second kappa shape index (κ2) is 6.60. The normalized spacial score (nSPS) is 22.2. The summed E-state index contributed by atoms with van der Waals surface area (Å²) in [5.74, 6) is 1.21. The highest BCUT2D eigenvalue weighted by atomic mass is 32.2. The molecule has 6 heteroatoms. The molecule has 0 amide bonds. The molecule has 1 rings (SSSR count). The molecule has 1 N–H and O–H groups in total. The topological polar surface area (TPSA) is 21.3 Å². The summed E-state index contributed by atoms with van der Waals surface area (Å²) in [6.07, 6.45) is -1.75. The molecule has 0 saturated carbocycles. The Bertz CT molecular complexity index is 171. The zero-order chi connectivity index (χ0) is 11.1. The minimum Gasteiger partial charge on any atom is -0.371 e. The van der Waals surface area contributed by atoms with Crippen molar-refractivity contribution in [2.75, 3.05) is 32.1 Å². The third kappa shape index (κ3) is 7.03. The van der Waals surface area contributed by atoms with Crippen molar-refractivity contribution in [1.82, 2.24) is 5.32 Å². The van der Waals surface area contributed by atoms with E-state index >= 15 is 0 Å². The van der Waals surface area contributed by atoms with Crippen molar-refractivity contribution in [3.05, 3.63) is 0 Å². The predicted molar refractivity (Wildman–Crippen MR) is 55.2 cm³/mol. The van der Waals surface area contributed by atoms with E-state index in [0.29, 0.717) is 11.8 Å². The fraction of sp³-hybridized carbons (Fsp3) is 1.00. The number of rotatable bonds is 6. The number of thioether (sulfide) groups is 1. The van der Waals surface area contributed by atoms with Crippen LogP contribution in [0.3, 0.4) is 0 Å². The highest BCUT2D eigenvalue weighted by Crippen LogP contribution is 2.25. The molecule has 1 saturated heterocycles. The van der Waals surface area contributed by atoms with Crippen LogP contribution < -0.4 is 5.32 Å². The van der Waals surface area contributed by atoms with Gasteiger partial charge in [-0.2, -0.15) is 24.9 Å². The maximum Gasteiger partial charge on any atom is 0.411 e. The van der Waals surface area contributed by atoms with Gasteiger partial charge in [-0.3, -0.25) is 0 Å². The molecule has 2 nitrogen and oxygen atoms in total. The van der Waals surface area contributed by atoms with Gasteiger partial charge in [-0.05, 0) is 18.6 Å². The van der Waals surface area contributed by atoms with Crippen LogP contribution in [-0.4, -0.2) is 43.5 Å². The first kappa shape index (κ1) is 13.1. The zero-order valence-corrected chi connectivity index (χ0v) is 9.29. The summed E-state index contributed by atoms with van der Waals surface area (Å²) in [6, 6.07) is 0. The minimum absolute atomic E-state index is 0.122. The molecule has 1 aliphatic heterocycles. The molecule has 1 atom stereocenters. The van der Waals surface area contributed by atoms with E-state index in [9.17, 15) is 13.2 Å². The molecule has 1 aliphatic rings. The van der Waals surface area contributed by atoms with E-state index in [1.165, 1.54) is 18.6 Å². The van der Waals surface area contributed by atoms with Gasteiger partial charge in [-0.25, -0.2) is 0 Å². The average molecular weight is 243 g/mol. The first-order valence-corrected chi connectivity index (χ1v) is 6.09. The second-order valence-corrected chi connectivity index (χ2v) is 4.92. The summed E-state index contributed by atoms with van der Waals surface area (Å²) in [6.45, 7) is 0.344. The van der Waals surface area contributed by atoms with Gasteiger partial charge in [-0.15, -0.1) is 0 Å². The van der Waals surface area contributed by atoms with Gasteiger partial charge in [0.25, 0.3) is 0 Å². The quantitative estimate of drug-likeness (QED) is 0.721. The molecular formula is C9H16F3NOS. The van der Waals surface area contributed by atoms with Gasteiger partial charge in [0.15, 0.2) is 0 Å². The Hall–Kier alpha value is 0.0600. The lowest BCUT2D eigenvalue weighted by Gasteiger charge is -2.11. The lowest BCUT2D eigenvalue weighted by molar-refractivity contribution is -0.173. The largest absolute Gasteiger partial charge is 0.411 e. The van der Waals surface area contributed by atoms with Gasteiger partial charge in [0.1, 0.15) is 6.61 Å². The van der Waals surface area contributed by atoms with Crippen LogP contribution >= 0.6 is 11.8 Å². The lowest BCUT2D eigenvalue weighted by atomic mass is 10.2. The van der Waals surface area contributed by atoms with Crippen molar-refractivity contribution >= 4 is 11.8 Å². The van der Waals surface area contributed by atoms with E-state index in [4.69, 9.17) is 0 Å². The van der Waals surface area contributed by atoms with Crippen LogP contribution in [0.2, 0.25) is 0 Å². The highest BCUT2D eigenvalue weighted by molar-refractivity contribution is 8.00. The molecule has 1 heterocycles. The Labute approximate surface area is 91.9 Å². The molecule has 1 fully saturated rings. The molecule has 15 heavy (non-hydrogen) atoms. The number of ether oxygens (including phenoxy) is 1. The fourth-order valence-corrected chi connectivity index (χ4v) is 2.64. The molecule has 0 radical (unpaired) electrons. The van der Waals surface area contributed by atoms with E-state index in [1.54, 1.807) is 0 Å². The van der Waals surface area contributed by atoms with E-state index in [1.807, 2.05) is 11.8 Å². The summed E-state index contributed by atoms with van der Waals surface area (Å²) < 4.78 is 39.5. The number of hydrogen-bond donors (Lipinski definition) is 1. The molecule has 0 spiro atoms. The maximum absolute atomic E-state index is 11.7. The van der Waals surface area contributed by atoms with Crippen molar-refractivity contribution in [2.45, 2.75) is 24.3 Å². The maximum atomic E-state index is 11.7. The number of alkyl halides is 3. The Morgan fingerprint density at radius 2 is 2.20 bits per heavy atom. The molecule has 90 valence electrons. The number of halogens is 3. The summed E-state index contributed by atoms with van der Waals surface area (Å²) in [5.41, 5.74) is 0. The molecule has 0 aromatic rings. The van der Waals surface area contributed by atoms with E-state index < -0.39 is 12.8 Å². The zero-order valence-electron chi connectivity index (χ0n) is 8.48. The monoisotopic (exact) mass is 243 g/mol. The molecular weight excluding hydrogens is 227 g/mol. The standard InChI is InChI=1S/C9H16F3NOS/c10-9(11,12)7-14-4-3-13-6-8-2-1-5-15-8/h8,13H,1-7H2. The van der Waals surface area contributed by atoms with Crippen LogP contribution in [0, 0.1) is 0 Å². The van der Waals surface area contributed by atoms with Crippen molar-refractivity contribution in [3.8, 4) is 0 Å². The Kier molecular flexibility index (Phi) is 5.78. The van der Waals surface area contributed by atoms with Gasteiger partial charge in [-0.1, -0.05) is 0 Å².